The molecule has 0 radical (unpaired) electrons. The zero-order valence-electron chi connectivity index (χ0n) is 9.39. The molecule has 0 aliphatic heterocycles. The van der Waals surface area contributed by atoms with Crippen molar-refractivity contribution in [2.45, 2.75) is 26.7 Å². The molecule has 78 valence electrons. The Labute approximate surface area is 85.8 Å². The monoisotopic (exact) mass is 194 g/mol. The van der Waals surface area contributed by atoms with E-state index >= 15 is 0 Å². The normalized spacial score (nSPS) is 10.0. The fraction of sp³-hybridized carbons (Fsp3) is 0.500. The largest absolute Gasteiger partial charge is 0.497 e. The lowest BCUT2D eigenvalue weighted by atomic mass is 10.0. The van der Waals surface area contributed by atoms with Gasteiger partial charge in [0.05, 0.1) is 14.2 Å². The van der Waals surface area contributed by atoms with Crippen LogP contribution in [0.2, 0.25) is 0 Å². The van der Waals surface area contributed by atoms with E-state index in [1.165, 1.54) is 11.1 Å². The van der Waals surface area contributed by atoms with Crippen molar-refractivity contribution in [1.29, 1.82) is 0 Å². The highest BCUT2D eigenvalue weighted by atomic mass is 16.5. The minimum absolute atomic E-state index is 0.871. The van der Waals surface area contributed by atoms with Gasteiger partial charge in [-0.15, -0.1) is 0 Å². The standard InChI is InChI=1S/C12H18O2/c1-5-6-10-7-11(13-3)8-12(14-4)9(10)2/h7-8H,5-6H2,1-4H3. The molecule has 0 bridgehead atoms. The zero-order chi connectivity index (χ0) is 10.6. The zero-order valence-corrected chi connectivity index (χ0v) is 9.39. The minimum atomic E-state index is 0.871. The molecule has 14 heavy (non-hydrogen) atoms. The molecule has 2 nitrogen and oxygen atoms in total. The maximum Gasteiger partial charge on any atom is 0.125 e. The van der Waals surface area contributed by atoms with Crippen LogP contribution < -0.4 is 9.47 Å². The van der Waals surface area contributed by atoms with Crippen molar-refractivity contribution in [3.63, 3.8) is 0 Å². The van der Waals surface area contributed by atoms with E-state index in [1.54, 1.807) is 14.2 Å². The predicted octanol–water partition coefficient (Wildman–Crippen LogP) is 2.96. The quantitative estimate of drug-likeness (QED) is 0.733. The second kappa shape index (κ2) is 4.89. The molecule has 0 amide bonds. The number of rotatable bonds is 4. The van der Waals surface area contributed by atoms with E-state index in [-0.39, 0.29) is 0 Å². The van der Waals surface area contributed by atoms with E-state index in [9.17, 15) is 0 Å². The average molecular weight is 194 g/mol. The Hall–Kier alpha value is -1.18. The summed E-state index contributed by atoms with van der Waals surface area (Å²) in [4.78, 5) is 0. The molecular weight excluding hydrogens is 176 g/mol. The van der Waals surface area contributed by atoms with Gasteiger partial charge in [-0.3, -0.25) is 0 Å². The average Bonchev–Trinajstić information content (AvgIpc) is 2.21. The van der Waals surface area contributed by atoms with Crippen LogP contribution in [0, 0.1) is 6.92 Å². The van der Waals surface area contributed by atoms with E-state index in [0.29, 0.717) is 0 Å². The third kappa shape index (κ3) is 2.19. The predicted molar refractivity (Wildman–Crippen MR) is 58.3 cm³/mol. The summed E-state index contributed by atoms with van der Waals surface area (Å²) in [5, 5.41) is 0. The van der Waals surface area contributed by atoms with Gasteiger partial charge >= 0.3 is 0 Å². The number of methoxy groups -OCH3 is 2. The van der Waals surface area contributed by atoms with Crippen LogP contribution in [0.5, 0.6) is 11.5 Å². The van der Waals surface area contributed by atoms with Crippen LogP contribution in [0.3, 0.4) is 0 Å². The van der Waals surface area contributed by atoms with Gasteiger partial charge in [0.2, 0.25) is 0 Å². The van der Waals surface area contributed by atoms with E-state index < -0.39 is 0 Å². The number of ether oxygens (including phenoxy) is 2. The highest BCUT2D eigenvalue weighted by Crippen LogP contribution is 2.28. The summed E-state index contributed by atoms with van der Waals surface area (Å²) >= 11 is 0. The van der Waals surface area contributed by atoms with Crippen LogP contribution in [-0.2, 0) is 6.42 Å². The summed E-state index contributed by atoms with van der Waals surface area (Å²) in [6.45, 7) is 4.26. The molecule has 0 saturated carbocycles. The van der Waals surface area contributed by atoms with Crippen LogP contribution in [0.15, 0.2) is 12.1 Å². The van der Waals surface area contributed by atoms with Crippen molar-refractivity contribution < 1.29 is 9.47 Å². The van der Waals surface area contributed by atoms with Gasteiger partial charge < -0.3 is 9.47 Å². The van der Waals surface area contributed by atoms with Gasteiger partial charge in [0, 0.05) is 6.07 Å². The van der Waals surface area contributed by atoms with Gasteiger partial charge in [-0.2, -0.15) is 0 Å². The van der Waals surface area contributed by atoms with E-state index in [0.717, 1.165) is 24.3 Å². The Morgan fingerprint density at radius 2 is 1.86 bits per heavy atom. The molecule has 0 fully saturated rings. The summed E-state index contributed by atoms with van der Waals surface area (Å²) in [5.41, 5.74) is 2.53. The molecule has 0 unspecified atom stereocenters. The van der Waals surface area contributed by atoms with Crippen molar-refractivity contribution in [1.82, 2.24) is 0 Å². The molecule has 1 aromatic rings. The van der Waals surface area contributed by atoms with Crippen LogP contribution in [-0.4, -0.2) is 14.2 Å². The molecule has 1 rings (SSSR count). The first-order chi connectivity index (χ1) is 6.72. The van der Waals surface area contributed by atoms with Crippen molar-refractivity contribution >= 4 is 0 Å². The first-order valence-corrected chi connectivity index (χ1v) is 4.94. The first-order valence-electron chi connectivity index (χ1n) is 4.94. The summed E-state index contributed by atoms with van der Waals surface area (Å²) in [5.74, 6) is 1.78. The van der Waals surface area contributed by atoms with E-state index in [1.807, 2.05) is 6.07 Å². The Morgan fingerprint density at radius 3 is 2.36 bits per heavy atom. The Morgan fingerprint density at radius 1 is 1.14 bits per heavy atom. The summed E-state index contributed by atoms with van der Waals surface area (Å²) in [6, 6.07) is 4.01. The van der Waals surface area contributed by atoms with Gasteiger partial charge in [-0.25, -0.2) is 0 Å². The summed E-state index contributed by atoms with van der Waals surface area (Å²) in [7, 11) is 3.37. The molecule has 0 heterocycles. The van der Waals surface area contributed by atoms with Crippen molar-refractivity contribution in [3.8, 4) is 11.5 Å². The maximum atomic E-state index is 5.29. The maximum absolute atomic E-state index is 5.29. The third-order valence-corrected chi connectivity index (χ3v) is 2.42. The molecule has 0 N–H and O–H groups in total. The van der Waals surface area contributed by atoms with Gasteiger partial charge in [0.1, 0.15) is 11.5 Å². The fourth-order valence-corrected chi connectivity index (χ4v) is 1.58. The molecule has 0 aliphatic carbocycles. The number of hydrogen-bond acceptors (Lipinski definition) is 2. The highest BCUT2D eigenvalue weighted by molar-refractivity contribution is 5.45. The van der Waals surface area contributed by atoms with Gasteiger partial charge in [0.25, 0.3) is 0 Å². The molecule has 0 atom stereocenters. The number of aryl methyl sites for hydroxylation is 1. The van der Waals surface area contributed by atoms with Crippen molar-refractivity contribution in [2.75, 3.05) is 14.2 Å². The Balaban J connectivity index is 3.12. The Bertz CT molecular complexity index is 305. The van der Waals surface area contributed by atoms with Gasteiger partial charge in [-0.05, 0) is 30.5 Å². The number of hydrogen-bond donors (Lipinski definition) is 0. The van der Waals surface area contributed by atoms with Crippen molar-refractivity contribution in [2.24, 2.45) is 0 Å². The van der Waals surface area contributed by atoms with Gasteiger partial charge in [0.15, 0.2) is 0 Å². The second-order valence-corrected chi connectivity index (χ2v) is 3.36. The van der Waals surface area contributed by atoms with Crippen LogP contribution in [0.4, 0.5) is 0 Å². The lowest BCUT2D eigenvalue weighted by Gasteiger charge is -2.12. The summed E-state index contributed by atoms with van der Waals surface area (Å²) in [6.07, 6.45) is 2.20. The number of benzene rings is 1. The topological polar surface area (TPSA) is 18.5 Å². The lowest BCUT2D eigenvalue weighted by molar-refractivity contribution is 0.391. The second-order valence-electron chi connectivity index (χ2n) is 3.36. The molecule has 0 saturated heterocycles. The third-order valence-electron chi connectivity index (χ3n) is 2.42. The van der Waals surface area contributed by atoms with E-state index in [4.69, 9.17) is 9.47 Å². The highest BCUT2D eigenvalue weighted by Gasteiger charge is 2.07. The van der Waals surface area contributed by atoms with Crippen molar-refractivity contribution in [3.05, 3.63) is 23.3 Å². The molecular formula is C12H18O2. The van der Waals surface area contributed by atoms with E-state index in [2.05, 4.69) is 19.9 Å². The van der Waals surface area contributed by atoms with Crippen LogP contribution in [0.1, 0.15) is 24.5 Å². The SMILES string of the molecule is CCCc1cc(OC)cc(OC)c1C. The Kier molecular flexibility index (Phi) is 3.81. The summed E-state index contributed by atoms with van der Waals surface area (Å²) < 4.78 is 10.5. The smallest absolute Gasteiger partial charge is 0.125 e. The molecule has 0 aliphatic rings. The van der Waals surface area contributed by atoms with Crippen LogP contribution in [0.25, 0.3) is 0 Å². The first kappa shape index (κ1) is 10.9. The fourth-order valence-electron chi connectivity index (χ4n) is 1.58. The molecule has 0 aromatic heterocycles. The van der Waals surface area contributed by atoms with Gasteiger partial charge in [-0.1, -0.05) is 13.3 Å². The molecule has 2 heteroatoms. The molecule has 1 aromatic carbocycles. The molecule has 0 spiro atoms. The van der Waals surface area contributed by atoms with Crippen LogP contribution >= 0.6 is 0 Å². The minimum Gasteiger partial charge on any atom is -0.497 e. The lowest BCUT2D eigenvalue weighted by Crippen LogP contribution is -1.96.